The van der Waals surface area contributed by atoms with Gasteiger partial charge >= 0.3 is 5.95 Å². The molecule has 26 heavy (non-hydrogen) atoms. The molecule has 0 bridgehead atoms. The fraction of sp³-hybridized carbons (Fsp3) is 0.0952. The van der Waals surface area contributed by atoms with Gasteiger partial charge in [-0.2, -0.15) is 0 Å². The number of benzene rings is 3. The van der Waals surface area contributed by atoms with E-state index in [1.165, 1.54) is 5.56 Å². The van der Waals surface area contributed by atoms with Gasteiger partial charge in [-0.05, 0) is 41.5 Å². The maximum Gasteiger partial charge on any atom is 0.404 e. The van der Waals surface area contributed by atoms with Gasteiger partial charge in [0.1, 0.15) is 11.4 Å². The summed E-state index contributed by atoms with van der Waals surface area (Å²) in [5, 5.41) is 12.8. The van der Waals surface area contributed by atoms with Crippen molar-refractivity contribution in [2.24, 2.45) is 0 Å². The van der Waals surface area contributed by atoms with Crippen molar-refractivity contribution in [3.05, 3.63) is 96.6 Å². The molecule has 1 aromatic heterocycles. The molecule has 1 N–H and O–H groups in total. The molecule has 5 heteroatoms. The smallest absolute Gasteiger partial charge is 0.284 e. The van der Waals surface area contributed by atoms with E-state index in [-0.39, 0.29) is 6.04 Å². The van der Waals surface area contributed by atoms with Crippen molar-refractivity contribution < 1.29 is 4.68 Å². The standard InChI is InChI=1S/C21H20N5/c1-17(18-11-5-2-6-12-18)22-21-23-26(20-15-9-4-10-16-20)24-25(21)19-13-7-3-8-14-19/h2-17H,1H3,(H,22,23,24)/q+1. The van der Waals surface area contributed by atoms with Gasteiger partial charge in [0.05, 0.1) is 11.1 Å². The third-order valence-corrected chi connectivity index (χ3v) is 4.20. The van der Waals surface area contributed by atoms with Gasteiger partial charge < -0.3 is 0 Å². The predicted octanol–water partition coefficient (Wildman–Crippen LogP) is 3.72. The number of para-hydroxylation sites is 2. The molecule has 1 atom stereocenters. The normalized spacial score (nSPS) is 11.9. The summed E-state index contributed by atoms with van der Waals surface area (Å²) in [6, 6.07) is 30.3. The van der Waals surface area contributed by atoms with Crippen LogP contribution in [0.2, 0.25) is 0 Å². The quantitative estimate of drug-likeness (QED) is 0.562. The zero-order chi connectivity index (χ0) is 17.8. The van der Waals surface area contributed by atoms with Crippen LogP contribution in [0.5, 0.6) is 0 Å². The monoisotopic (exact) mass is 342 g/mol. The van der Waals surface area contributed by atoms with Gasteiger partial charge in [-0.15, -0.1) is 0 Å². The lowest BCUT2D eigenvalue weighted by Crippen LogP contribution is -2.37. The van der Waals surface area contributed by atoms with E-state index in [9.17, 15) is 0 Å². The minimum absolute atomic E-state index is 0.104. The second-order valence-corrected chi connectivity index (χ2v) is 6.06. The van der Waals surface area contributed by atoms with Gasteiger partial charge in [-0.1, -0.05) is 71.4 Å². The van der Waals surface area contributed by atoms with Crippen molar-refractivity contribution in [1.29, 1.82) is 0 Å². The maximum absolute atomic E-state index is 4.68. The molecule has 1 unspecified atom stereocenters. The van der Waals surface area contributed by atoms with Gasteiger partial charge in [0, 0.05) is 5.21 Å². The Hall–Kier alpha value is -3.47. The topological polar surface area (TPSA) is 46.6 Å². The van der Waals surface area contributed by atoms with Crippen LogP contribution in [0.3, 0.4) is 0 Å². The van der Waals surface area contributed by atoms with Gasteiger partial charge in [0.15, 0.2) is 0 Å². The van der Waals surface area contributed by atoms with Crippen LogP contribution in [-0.2, 0) is 0 Å². The number of nitrogens with zero attached hydrogens (tertiary/aromatic N) is 4. The van der Waals surface area contributed by atoms with Crippen LogP contribution in [-0.4, -0.2) is 15.1 Å². The largest absolute Gasteiger partial charge is 0.404 e. The number of tetrazole rings is 1. The summed E-state index contributed by atoms with van der Waals surface area (Å²) in [6.45, 7) is 2.12. The van der Waals surface area contributed by atoms with E-state index in [0.29, 0.717) is 5.95 Å². The lowest BCUT2D eigenvalue weighted by atomic mass is 10.1. The summed E-state index contributed by atoms with van der Waals surface area (Å²) < 4.78 is 1.83. The molecular formula is C21H20N5+. The number of hydrogen-bond acceptors (Lipinski definition) is 3. The number of hydrogen-bond donors (Lipinski definition) is 1. The minimum Gasteiger partial charge on any atom is -0.284 e. The Labute approximate surface area is 152 Å². The molecule has 0 spiro atoms. The van der Waals surface area contributed by atoms with Crippen molar-refractivity contribution in [3.63, 3.8) is 0 Å². The SMILES string of the molecule is CC(Nc1nn(-c2ccccc2)n[n+]1-c1ccccc1)c1ccccc1. The van der Waals surface area contributed by atoms with Crippen LogP contribution in [0.1, 0.15) is 18.5 Å². The summed E-state index contributed by atoms with van der Waals surface area (Å²) in [5.41, 5.74) is 3.07. The highest BCUT2D eigenvalue weighted by atomic mass is 15.7. The van der Waals surface area contributed by atoms with Crippen LogP contribution in [0.25, 0.3) is 11.4 Å². The molecule has 3 aromatic carbocycles. The van der Waals surface area contributed by atoms with Gasteiger partial charge in [-0.3, -0.25) is 5.32 Å². The molecule has 0 aliphatic carbocycles. The van der Waals surface area contributed by atoms with Crippen molar-refractivity contribution in [2.75, 3.05) is 5.32 Å². The summed E-state index contributed by atoms with van der Waals surface area (Å²) in [7, 11) is 0. The van der Waals surface area contributed by atoms with E-state index in [1.54, 1.807) is 4.80 Å². The second kappa shape index (κ2) is 7.19. The molecule has 0 saturated heterocycles. The molecule has 0 radical (unpaired) electrons. The highest BCUT2D eigenvalue weighted by molar-refractivity contribution is 5.33. The summed E-state index contributed by atoms with van der Waals surface area (Å²) in [5.74, 6) is 0.691. The minimum atomic E-state index is 0.104. The Balaban J connectivity index is 1.73. The van der Waals surface area contributed by atoms with E-state index in [2.05, 4.69) is 34.7 Å². The fourth-order valence-corrected chi connectivity index (χ4v) is 2.80. The molecule has 4 rings (SSSR count). The highest BCUT2D eigenvalue weighted by Crippen LogP contribution is 2.16. The molecule has 0 aliphatic heterocycles. The van der Waals surface area contributed by atoms with Crippen LogP contribution in [0.4, 0.5) is 5.95 Å². The second-order valence-electron chi connectivity index (χ2n) is 6.06. The van der Waals surface area contributed by atoms with Crippen LogP contribution in [0, 0.1) is 0 Å². The molecule has 1 heterocycles. The van der Waals surface area contributed by atoms with Gasteiger partial charge in [-0.25, -0.2) is 0 Å². The van der Waals surface area contributed by atoms with Crippen molar-refractivity contribution >= 4 is 5.95 Å². The summed E-state index contributed by atoms with van der Waals surface area (Å²) >= 11 is 0. The fourth-order valence-electron chi connectivity index (χ4n) is 2.80. The summed E-state index contributed by atoms with van der Waals surface area (Å²) in [4.78, 5) is 1.65. The average Bonchev–Trinajstić information content (AvgIpc) is 3.14. The van der Waals surface area contributed by atoms with E-state index in [1.807, 2.05) is 83.5 Å². The lowest BCUT2D eigenvalue weighted by Gasteiger charge is -2.09. The first-order valence-electron chi connectivity index (χ1n) is 8.63. The molecular weight excluding hydrogens is 322 g/mol. The van der Waals surface area contributed by atoms with E-state index in [4.69, 9.17) is 0 Å². The van der Waals surface area contributed by atoms with E-state index in [0.717, 1.165) is 11.4 Å². The van der Waals surface area contributed by atoms with Gasteiger partial charge in [0.2, 0.25) is 0 Å². The predicted molar refractivity (Wildman–Crippen MR) is 101 cm³/mol. The van der Waals surface area contributed by atoms with Crippen molar-refractivity contribution in [2.45, 2.75) is 13.0 Å². The van der Waals surface area contributed by atoms with Crippen molar-refractivity contribution in [3.8, 4) is 11.4 Å². The maximum atomic E-state index is 4.68. The Morgan fingerprint density at radius 3 is 2.04 bits per heavy atom. The Morgan fingerprint density at radius 2 is 1.38 bits per heavy atom. The molecule has 4 aromatic rings. The molecule has 0 amide bonds. The first-order chi connectivity index (χ1) is 12.8. The summed E-state index contributed by atoms with van der Waals surface area (Å²) in [6.07, 6.45) is 0. The third-order valence-electron chi connectivity index (χ3n) is 4.20. The molecule has 128 valence electrons. The Bertz CT molecular complexity index is 965. The third kappa shape index (κ3) is 3.32. The molecule has 0 saturated carbocycles. The lowest BCUT2D eigenvalue weighted by molar-refractivity contribution is -0.648. The zero-order valence-corrected chi connectivity index (χ0v) is 14.5. The zero-order valence-electron chi connectivity index (χ0n) is 14.5. The van der Waals surface area contributed by atoms with Gasteiger partial charge in [0.25, 0.3) is 0 Å². The highest BCUT2D eigenvalue weighted by Gasteiger charge is 2.23. The number of rotatable bonds is 5. The van der Waals surface area contributed by atoms with E-state index >= 15 is 0 Å². The molecule has 0 fully saturated rings. The number of aromatic nitrogens is 4. The van der Waals surface area contributed by atoms with Crippen molar-refractivity contribution in [1.82, 2.24) is 15.1 Å². The van der Waals surface area contributed by atoms with Crippen LogP contribution in [0.15, 0.2) is 91.0 Å². The van der Waals surface area contributed by atoms with Crippen LogP contribution >= 0.6 is 0 Å². The molecule has 5 nitrogen and oxygen atoms in total. The van der Waals surface area contributed by atoms with E-state index < -0.39 is 0 Å². The number of anilines is 1. The first-order valence-corrected chi connectivity index (χ1v) is 8.63. The number of nitrogens with one attached hydrogen (secondary N) is 1. The first kappa shape index (κ1) is 16.0. The van der Waals surface area contributed by atoms with Crippen LogP contribution < -0.4 is 10.00 Å². The average molecular weight is 342 g/mol. The molecule has 0 aliphatic rings. The Morgan fingerprint density at radius 1 is 0.808 bits per heavy atom. The Kier molecular flexibility index (Phi) is 4.43.